The molecule has 6 rings (SSSR count). The molecule has 0 atom stereocenters. The zero-order valence-corrected chi connectivity index (χ0v) is 23.1. The number of hydrogen-bond donors (Lipinski definition) is 2. The number of amidine groups is 1. The number of nitrogens with two attached hydrogens (primary N) is 1. The van der Waals surface area contributed by atoms with Crippen LogP contribution in [0.5, 0.6) is 0 Å². The van der Waals surface area contributed by atoms with Gasteiger partial charge < -0.3 is 10.3 Å². The van der Waals surface area contributed by atoms with E-state index in [9.17, 15) is 9.83 Å². The molecule has 0 saturated carbocycles. The Kier molecular flexibility index (Phi) is 6.81. The Labute approximate surface area is 239 Å². The average Bonchev–Trinajstić information content (AvgIpc) is 3.04. The van der Waals surface area contributed by atoms with Crippen LogP contribution in [0.25, 0.3) is 33.0 Å². The Morgan fingerprint density at radius 2 is 1.12 bits per heavy atom. The average molecular weight is 549 g/mol. The standard InChI is InChI=1S/C36H26N3OP/c37-24-25-21-28(23-31(22-25)41(40,29-9-3-1-4-10-29)30-11-5-2-6-12-30)33-20-19-32(34-13-7-8-14-35(33)34)26-15-17-27(18-16-26)36(38)39/h1-23H,(H3,38,39)/p+1. The third kappa shape index (κ3) is 4.74. The van der Waals surface area contributed by atoms with Gasteiger partial charge in [-0.25, -0.2) is 0 Å². The van der Waals surface area contributed by atoms with Crippen LogP contribution < -0.4 is 21.6 Å². The van der Waals surface area contributed by atoms with Gasteiger partial charge >= 0.3 is 7.14 Å². The lowest BCUT2D eigenvalue weighted by molar-refractivity contribution is 0.726. The van der Waals surface area contributed by atoms with E-state index in [0.717, 1.165) is 48.9 Å². The van der Waals surface area contributed by atoms with E-state index in [1.165, 1.54) is 0 Å². The second-order valence-corrected chi connectivity index (χ2v) is 12.7. The van der Waals surface area contributed by atoms with Crippen molar-refractivity contribution in [2.24, 2.45) is 5.73 Å². The van der Waals surface area contributed by atoms with E-state index in [0.29, 0.717) is 11.1 Å². The van der Waals surface area contributed by atoms with E-state index in [1.807, 2.05) is 115 Å². The summed E-state index contributed by atoms with van der Waals surface area (Å²) in [4.78, 5) is 0. The maximum absolute atomic E-state index is 12.6. The number of nitrogens with one attached hydrogen (secondary N) is 1. The summed E-state index contributed by atoms with van der Waals surface area (Å²) in [6, 6.07) is 47.6. The smallest absolute Gasteiger partial charge is 0.315 e. The van der Waals surface area contributed by atoms with E-state index in [2.05, 4.69) is 30.3 Å². The van der Waals surface area contributed by atoms with Crippen LogP contribution >= 0.6 is 7.14 Å². The van der Waals surface area contributed by atoms with Crippen molar-refractivity contribution in [3.63, 3.8) is 0 Å². The monoisotopic (exact) mass is 548 g/mol. The zero-order chi connectivity index (χ0) is 28.4. The van der Waals surface area contributed by atoms with Gasteiger partial charge in [0, 0.05) is 5.56 Å². The van der Waals surface area contributed by atoms with Crippen LogP contribution in [0, 0.1) is 16.7 Å². The second-order valence-electron chi connectivity index (χ2n) is 9.88. The molecule has 0 heterocycles. The summed E-state index contributed by atoms with van der Waals surface area (Å²) in [6.45, 7) is 0. The summed E-state index contributed by atoms with van der Waals surface area (Å²) in [7, 11) is -3.02. The molecule has 0 aliphatic rings. The Hall–Kier alpha value is -5.23. The number of rotatable bonds is 6. The Morgan fingerprint density at radius 1 is 0.610 bits per heavy atom. The van der Waals surface area contributed by atoms with Crippen LogP contribution in [0.2, 0.25) is 0 Å². The van der Waals surface area contributed by atoms with Gasteiger partial charge in [0.05, 0.1) is 27.5 Å². The van der Waals surface area contributed by atoms with Gasteiger partial charge in [-0.15, -0.1) is 0 Å². The van der Waals surface area contributed by atoms with Gasteiger partial charge in [-0.05, 0) is 75.5 Å². The normalized spacial score (nSPS) is 11.2. The number of benzene rings is 6. The van der Waals surface area contributed by atoms with Crippen LogP contribution in [-0.4, -0.2) is 10.4 Å². The van der Waals surface area contributed by atoms with E-state index < -0.39 is 7.14 Å². The first-order chi connectivity index (χ1) is 20.0. The fraction of sp³-hybridized carbons (Fsp3) is 0. The molecular weight excluding hydrogens is 521 g/mol. The number of nitrogens with zero attached hydrogens (tertiary/aromatic N) is 1. The first-order valence-corrected chi connectivity index (χ1v) is 15.0. The molecule has 0 fully saturated rings. The lowest BCUT2D eigenvalue weighted by Crippen LogP contribution is -2.25. The van der Waals surface area contributed by atoms with E-state index in [1.54, 1.807) is 0 Å². The predicted octanol–water partition coefficient (Wildman–Crippen LogP) is 6.91. The summed E-state index contributed by atoms with van der Waals surface area (Å²) in [5.74, 6) is 0.0405. The fourth-order valence-corrected chi connectivity index (χ4v) is 8.14. The molecule has 6 aromatic carbocycles. The van der Waals surface area contributed by atoms with Crippen molar-refractivity contribution in [2.45, 2.75) is 0 Å². The quantitative estimate of drug-likeness (QED) is 0.102. The summed E-state index contributed by atoms with van der Waals surface area (Å²) >= 11 is 0. The molecule has 0 radical (unpaired) electrons. The Morgan fingerprint density at radius 3 is 1.63 bits per heavy atom. The molecule has 5 heteroatoms. The number of hydrogen-bond acceptors (Lipinski definition) is 2. The molecule has 0 aromatic heterocycles. The molecule has 0 aliphatic carbocycles. The Balaban J connectivity index is 1.57. The van der Waals surface area contributed by atoms with Gasteiger partial charge in [0.15, 0.2) is 0 Å². The highest BCUT2D eigenvalue weighted by molar-refractivity contribution is 7.85. The predicted molar refractivity (Wildman–Crippen MR) is 171 cm³/mol. The minimum Gasteiger partial charge on any atom is -0.384 e. The van der Waals surface area contributed by atoms with Crippen molar-refractivity contribution < 1.29 is 4.57 Å². The first-order valence-electron chi connectivity index (χ1n) is 13.2. The number of fused-ring (bicyclic) bond motifs is 1. The molecule has 0 saturated heterocycles. The molecule has 4 N–H and O–H groups in total. The van der Waals surface area contributed by atoms with Crippen LogP contribution in [0.3, 0.4) is 0 Å². The van der Waals surface area contributed by atoms with Crippen molar-refractivity contribution in [2.75, 3.05) is 0 Å². The summed E-state index contributed by atoms with van der Waals surface area (Å²) in [6.07, 6.45) is 0. The van der Waals surface area contributed by atoms with Gasteiger partial charge in [-0.3, -0.25) is 5.41 Å². The third-order valence-corrected chi connectivity index (χ3v) is 10.5. The lowest BCUT2D eigenvalue weighted by atomic mass is 9.91. The van der Waals surface area contributed by atoms with Crippen LogP contribution in [-0.2, 0) is 0 Å². The maximum atomic E-state index is 12.6. The minimum absolute atomic E-state index is 0.0405. The molecule has 6 aromatic rings. The van der Waals surface area contributed by atoms with Crippen LogP contribution in [0.15, 0.2) is 140 Å². The number of nitrogen functional groups attached to an aromatic ring is 1. The van der Waals surface area contributed by atoms with Crippen LogP contribution in [0.1, 0.15) is 11.1 Å². The van der Waals surface area contributed by atoms with Gasteiger partial charge in [-0.2, -0.15) is 5.26 Å². The maximum Gasteiger partial charge on any atom is 0.315 e. The van der Waals surface area contributed by atoms with Gasteiger partial charge in [0.2, 0.25) is 0 Å². The molecule has 0 bridgehead atoms. The summed E-state index contributed by atoms with van der Waals surface area (Å²) < 4.78 is 12.6. The SMILES string of the molecule is N#Cc1cc(-c2ccc(-c3ccc(C(=N)N)cc3)c3ccccc23)cc(P(=[OH+])(c2ccccc2)c2ccccc2)c1. The summed E-state index contributed by atoms with van der Waals surface area (Å²) in [5.41, 5.74) is 10.8. The zero-order valence-electron chi connectivity index (χ0n) is 22.2. The minimum atomic E-state index is -3.02. The van der Waals surface area contributed by atoms with Gasteiger partial charge in [-0.1, -0.05) is 97.1 Å². The molecule has 41 heavy (non-hydrogen) atoms. The third-order valence-electron chi connectivity index (χ3n) is 7.42. The highest BCUT2D eigenvalue weighted by atomic mass is 31.2. The van der Waals surface area contributed by atoms with Gasteiger partial charge in [0.25, 0.3) is 0 Å². The summed E-state index contributed by atoms with van der Waals surface area (Å²) in [5, 5.41) is 22.3. The molecule has 0 amide bonds. The van der Waals surface area contributed by atoms with E-state index in [-0.39, 0.29) is 5.84 Å². The van der Waals surface area contributed by atoms with E-state index in [4.69, 9.17) is 11.1 Å². The van der Waals surface area contributed by atoms with Crippen molar-refractivity contribution in [3.8, 4) is 28.3 Å². The molecule has 0 spiro atoms. The molecule has 196 valence electrons. The topological polar surface area (TPSA) is 95.1 Å². The molecule has 4 nitrogen and oxygen atoms in total. The lowest BCUT2D eigenvalue weighted by Gasteiger charge is -2.17. The fourth-order valence-electron chi connectivity index (χ4n) is 5.38. The van der Waals surface area contributed by atoms with E-state index >= 15 is 0 Å². The highest BCUT2D eigenvalue weighted by Gasteiger charge is 2.37. The largest absolute Gasteiger partial charge is 0.384 e. The van der Waals surface area contributed by atoms with Crippen molar-refractivity contribution >= 4 is 39.7 Å². The van der Waals surface area contributed by atoms with Crippen molar-refractivity contribution in [3.05, 3.63) is 151 Å². The van der Waals surface area contributed by atoms with Crippen LogP contribution in [0.4, 0.5) is 0 Å². The van der Waals surface area contributed by atoms with Crippen molar-refractivity contribution in [1.29, 1.82) is 10.7 Å². The van der Waals surface area contributed by atoms with Crippen molar-refractivity contribution in [1.82, 2.24) is 0 Å². The van der Waals surface area contributed by atoms with Gasteiger partial charge in [0.1, 0.15) is 5.84 Å². The Bertz CT molecular complexity index is 1950. The number of nitriles is 1. The first kappa shape index (κ1) is 26.0. The second kappa shape index (κ2) is 10.7. The molecule has 0 unspecified atom stereocenters. The highest BCUT2D eigenvalue weighted by Crippen LogP contribution is 2.43. The molecular formula is C36H27N3OP+. The molecule has 0 aliphatic heterocycles.